The Hall–Kier alpha value is -3.99. The van der Waals surface area contributed by atoms with Crippen molar-refractivity contribution in [3.63, 3.8) is 0 Å². The molecule has 8 nitrogen and oxygen atoms in total. The molecule has 2 saturated heterocycles. The van der Waals surface area contributed by atoms with Gasteiger partial charge in [0.2, 0.25) is 0 Å². The number of carbonyl (C=O) groups is 2. The predicted octanol–water partition coefficient (Wildman–Crippen LogP) is 5.22. The van der Waals surface area contributed by atoms with Gasteiger partial charge in [0.05, 0.1) is 18.3 Å². The van der Waals surface area contributed by atoms with Crippen LogP contribution in [0.1, 0.15) is 41.7 Å². The quantitative estimate of drug-likeness (QED) is 0.414. The van der Waals surface area contributed by atoms with Crippen LogP contribution in [-0.2, 0) is 11.3 Å². The fourth-order valence-electron chi connectivity index (χ4n) is 5.46. The number of hydrogen-bond donors (Lipinski definition) is 2. The fourth-order valence-corrected chi connectivity index (χ4v) is 5.46. The van der Waals surface area contributed by atoms with Gasteiger partial charge in [0.1, 0.15) is 17.6 Å². The van der Waals surface area contributed by atoms with Gasteiger partial charge in [0.25, 0.3) is 5.91 Å². The Morgan fingerprint density at radius 1 is 0.975 bits per heavy atom. The maximum Gasteiger partial charge on any atom is 0.404 e. The number of benzene rings is 2. The number of aromatic nitrogens is 2. The fraction of sp³-hybridized carbons (Fsp3) is 0.379. The number of carboxylic acid groups (broad SMARTS) is 1. The van der Waals surface area contributed by atoms with E-state index in [4.69, 9.17) is 0 Å². The van der Waals surface area contributed by atoms with Gasteiger partial charge < -0.3 is 15.3 Å². The number of halogens is 3. The predicted molar refractivity (Wildman–Crippen MR) is 144 cm³/mol. The van der Waals surface area contributed by atoms with Crippen LogP contribution in [0.25, 0.3) is 11.1 Å². The number of rotatable bonds is 7. The van der Waals surface area contributed by atoms with E-state index in [0.717, 1.165) is 11.1 Å². The van der Waals surface area contributed by atoms with Crippen LogP contribution in [0.4, 0.5) is 24.7 Å². The van der Waals surface area contributed by atoms with Gasteiger partial charge in [-0.05, 0) is 61.1 Å². The molecule has 40 heavy (non-hydrogen) atoms. The number of hydrogen-bond acceptors (Lipinski definition) is 6. The van der Waals surface area contributed by atoms with E-state index in [1.54, 1.807) is 12.1 Å². The van der Waals surface area contributed by atoms with E-state index in [1.807, 2.05) is 41.3 Å². The Balaban J connectivity index is 1.32. The van der Waals surface area contributed by atoms with Gasteiger partial charge in [-0.3, -0.25) is 14.5 Å². The molecule has 1 unspecified atom stereocenters. The summed E-state index contributed by atoms with van der Waals surface area (Å²) in [6.07, 6.45) is 0.145. The van der Waals surface area contributed by atoms with Crippen molar-refractivity contribution in [2.45, 2.75) is 44.4 Å². The topological polar surface area (TPSA) is 98.7 Å². The zero-order valence-electron chi connectivity index (χ0n) is 21.8. The van der Waals surface area contributed by atoms with Crippen LogP contribution < -0.4 is 10.2 Å². The summed E-state index contributed by atoms with van der Waals surface area (Å²) in [4.78, 5) is 36.1. The Labute approximate surface area is 229 Å². The summed E-state index contributed by atoms with van der Waals surface area (Å²) in [5, 5.41) is 12.0. The third-order valence-electron chi connectivity index (χ3n) is 7.60. The summed E-state index contributed by atoms with van der Waals surface area (Å²) < 4.78 is 40.9. The molecule has 3 heterocycles. The molecule has 1 aromatic heterocycles. The first-order valence-corrected chi connectivity index (χ1v) is 13.3. The number of piperidine rings is 1. The third-order valence-corrected chi connectivity index (χ3v) is 7.60. The highest BCUT2D eigenvalue weighted by molar-refractivity contribution is 6.02. The van der Waals surface area contributed by atoms with Gasteiger partial charge in [0.15, 0.2) is 0 Å². The van der Waals surface area contributed by atoms with Crippen molar-refractivity contribution in [2.24, 2.45) is 5.92 Å². The van der Waals surface area contributed by atoms with E-state index in [2.05, 4.69) is 15.3 Å². The highest BCUT2D eigenvalue weighted by Gasteiger charge is 2.45. The molecule has 2 aliphatic rings. The van der Waals surface area contributed by atoms with Gasteiger partial charge in [-0.25, -0.2) is 9.97 Å². The monoisotopic (exact) mass is 553 g/mol. The van der Waals surface area contributed by atoms with Crippen LogP contribution in [-0.4, -0.2) is 63.7 Å². The summed E-state index contributed by atoms with van der Waals surface area (Å²) >= 11 is 0. The first-order chi connectivity index (χ1) is 19.2. The first-order valence-electron chi connectivity index (χ1n) is 13.3. The van der Waals surface area contributed by atoms with Crippen LogP contribution in [0, 0.1) is 5.92 Å². The molecule has 0 saturated carbocycles. The first kappa shape index (κ1) is 27.6. The number of likely N-dealkylation sites (tertiary alicyclic amines) is 1. The normalized spacial score (nSPS) is 18.6. The van der Waals surface area contributed by atoms with Crippen molar-refractivity contribution >= 4 is 23.4 Å². The van der Waals surface area contributed by atoms with Crippen molar-refractivity contribution in [1.29, 1.82) is 0 Å². The van der Waals surface area contributed by atoms with Crippen molar-refractivity contribution in [1.82, 2.24) is 14.9 Å². The largest absolute Gasteiger partial charge is 0.481 e. The van der Waals surface area contributed by atoms with E-state index in [1.165, 1.54) is 17.3 Å². The number of aliphatic carboxylic acids is 1. The van der Waals surface area contributed by atoms with Gasteiger partial charge >= 0.3 is 12.1 Å². The van der Waals surface area contributed by atoms with E-state index >= 15 is 0 Å². The Kier molecular flexibility index (Phi) is 8.02. The highest BCUT2D eigenvalue weighted by atomic mass is 19.4. The Bertz CT molecular complexity index is 1340. The summed E-state index contributed by atoms with van der Waals surface area (Å²) in [5.41, 5.74) is 2.92. The van der Waals surface area contributed by atoms with Crippen LogP contribution in [0.2, 0.25) is 0 Å². The zero-order chi connectivity index (χ0) is 28.3. The van der Waals surface area contributed by atoms with Crippen molar-refractivity contribution in [2.75, 3.05) is 29.9 Å². The molecule has 1 atom stereocenters. The molecular weight excluding hydrogens is 523 g/mol. The summed E-state index contributed by atoms with van der Waals surface area (Å²) in [7, 11) is 0. The van der Waals surface area contributed by atoms with Crippen molar-refractivity contribution in [3.05, 3.63) is 72.2 Å². The van der Waals surface area contributed by atoms with Crippen molar-refractivity contribution in [3.8, 4) is 11.1 Å². The second kappa shape index (κ2) is 11.6. The molecule has 0 bridgehead atoms. The molecule has 1 amide bonds. The maximum atomic E-state index is 13.6. The summed E-state index contributed by atoms with van der Waals surface area (Å²) in [5.74, 6) is -1.08. The number of anilines is 2. The van der Waals surface area contributed by atoms with Gasteiger partial charge in [-0.2, -0.15) is 13.2 Å². The second-order valence-electron chi connectivity index (χ2n) is 10.2. The molecule has 2 aliphatic heterocycles. The van der Waals surface area contributed by atoms with E-state index in [9.17, 15) is 27.9 Å². The minimum atomic E-state index is -4.30. The lowest BCUT2D eigenvalue weighted by Crippen LogP contribution is -2.40. The Morgan fingerprint density at radius 3 is 2.38 bits per heavy atom. The smallest absolute Gasteiger partial charge is 0.404 e. The number of carboxylic acids is 1. The molecule has 5 rings (SSSR count). The van der Waals surface area contributed by atoms with Gasteiger partial charge in [-0.1, -0.05) is 36.4 Å². The SMILES string of the molecule is O=C(Nc1ccc(-c2ccccc2)c(CN2CCCC2C(F)(F)F)c1)c1cnc(N2CCC(C(=O)O)CC2)cn1. The summed E-state index contributed by atoms with van der Waals surface area (Å²) in [6, 6.07) is 13.2. The minimum absolute atomic E-state index is 0.0762. The molecular formula is C29H30F3N5O3. The number of nitrogens with zero attached hydrogens (tertiary/aromatic N) is 4. The molecule has 2 fully saturated rings. The molecule has 3 aromatic rings. The lowest BCUT2D eigenvalue weighted by atomic mass is 9.97. The molecule has 2 N–H and O–H groups in total. The van der Waals surface area contributed by atoms with E-state index in [-0.39, 0.29) is 24.6 Å². The Morgan fingerprint density at radius 2 is 1.73 bits per heavy atom. The second-order valence-corrected chi connectivity index (χ2v) is 10.2. The van der Waals surface area contributed by atoms with Crippen LogP contribution in [0.5, 0.6) is 0 Å². The molecule has 2 aromatic carbocycles. The zero-order valence-corrected chi connectivity index (χ0v) is 21.8. The highest BCUT2D eigenvalue weighted by Crippen LogP contribution is 2.36. The van der Waals surface area contributed by atoms with Crippen LogP contribution in [0.15, 0.2) is 60.9 Å². The third kappa shape index (κ3) is 6.25. The average molecular weight is 554 g/mol. The number of nitrogens with one attached hydrogen (secondary N) is 1. The molecule has 0 radical (unpaired) electrons. The molecule has 210 valence electrons. The molecule has 11 heteroatoms. The van der Waals surface area contributed by atoms with E-state index < -0.39 is 24.1 Å². The lowest BCUT2D eigenvalue weighted by molar-refractivity contribution is -0.177. The number of carbonyl (C=O) groups excluding carboxylic acids is 1. The summed E-state index contributed by atoms with van der Waals surface area (Å²) in [6.45, 7) is 1.54. The molecule has 0 aliphatic carbocycles. The van der Waals surface area contributed by atoms with Gasteiger partial charge in [-0.15, -0.1) is 0 Å². The minimum Gasteiger partial charge on any atom is -0.481 e. The van der Waals surface area contributed by atoms with Crippen LogP contribution in [0.3, 0.4) is 0 Å². The molecule has 0 spiro atoms. The van der Waals surface area contributed by atoms with Crippen LogP contribution >= 0.6 is 0 Å². The maximum absolute atomic E-state index is 13.6. The number of alkyl halides is 3. The standard InChI is InChI=1S/C29H30F3N5O3/c30-29(31,32)25-7-4-12-37(25)18-21-15-22(8-9-23(21)19-5-2-1-3-6-19)35-27(38)24-16-34-26(17-33-24)36-13-10-20(11-14-36)28(39)40/h1-3,5-6,8-9,15-17,20,25H,4,7,10-14,18H2,(H,35,38)(H,39,40). The average Bonchev–Trinajstić information content (AvgIpc) is 3.43. The van der Waals surface area contributed by atoms with Crippen molar-refractivity contribution < 1.29 is 27.9 Å². The number of amides is 1. The van der Waals surface area contributed by atoms with Gasteiger partial charge in [0, 0.05) is 25.3 Å². The lowest BCUT2D eigenvalue weighted by Gasteiger charge is -2.30. The van der Waals surface area contributed by atoms with E-state index in [0.29, 0.717) is 56.0 Å².